The van der Waals surface area contributed by atoms with Gasteiger partial charge in [-0.05, 0) is 125 Å². The van der Waals surface area contributed by atoms with Crippen LogP contribution in [0.4, 0.5) is 26.3 Å². The molecule has 1 spiro atoms. The summed E-state index contributed by atoms with van der Waals surface area (Å²) in [5.74, 6) is -8.80. The second-order valence-electron chi connectivity index (χ2n) is 29.0. The number of benzene rings is 2. The van der Waals surface area contributed by atoms with Crippen molar-refractivity contribution in [3.63, 3.8) is 0 Å². The van der Waals surface area contributed by atoms with Crippen LogP contribution in [0.5, 0.6) is 0 Å². The van der Waals surface area contributed by atoms with Crippen molar-refractivity contribution in [2.75, 3.05) is 68.5 Å². The molecule has 2 aliphatic carbocycles. The first-order valence-electron chi connectivity index (χ1n) is 35.5. The van der Waals surface area contributed by atoms with E-state index in [1.807, 2.05) is 20.8 Å². The van der Waals surface area contributed by atoms with E-state index in [4.69, 9.17) is 16.3 Å². The number of nitrogens with zero attached hydrogens (tertiary/aromatic N) is 8. The van der Waals surface area contributed by atoms with E-state index >= 15 is 24.0 Å². The smallest absolute Gasteiger partial charge is 0.377 e. The fraction of sp³-hybridized carbons (Fsp3) is 0.681. The number of amides is 11. The van der Waals surface area contributed by atoms with Gasteiger partial charge in [0.15, 0.2) is 0 Å². The summed E-state index contributed by atoms with van der Waals surface area (Å²) >= 11 is 6.15. The number of aryl methyl sites for hydroxylation is 1. The lowest BCUT2D eigenvalue weighted by atomic mass is 9.90. The van der Waals surface area contributed by atoms with Gasteiger partial charge < -0.3 is 59.9 Å². The lowest BCUT2D eigenvalue weighted by Gasteiger charge is -2.45. The Morgan fingerprint density at radius 2 is 1.27 bits per heavy atom. The lowest BCUT2D eigenvalue weighted by Crippen LogP contribution is -2.65. The minimum atomic E-state index is -4.81. The van der Waals surface area contributed by atoms with Crippen molar-refractivity contribution in [1.29, 1.82) is 0 Å². The minimum Gasteiger partial charge on any atom is -0.377 e. The number of fused-ring (bicyclic) bond motifs is 2. The minimum absolute atomic E-state index is 0.0257. The maximum atomic E-state index is 15.5. The molecule has 2 aromatic carbocycles. The van der Waals surface area contributed by atoms with E-state index in [1.54, 1.807) is 27.8 Å². The molecule has 23 nitrogen and oxygen atoms in total. The van der Waals surface area contributed by atoms with E-state index < -0.39 is 178 Å². The summed E-state index contributed by atoms with van der Waals surface area (Å²) in [5, 5.41) is 7.97. The van der Waals surface area contributed by atoms with Crippen LogP contribution in [-0.2, 0) is 82.7 Å². The number of ether oxygens (including phenoxy) is 1. The predicted molar refractivity (Wildman–Crippen MR) is 366 cm³/mol. The Bertz CT molecular complexity index is 3390. The highest BCUT2D eigenvalue weighted by atomic mass is 35.5. The van der Waals surface area contributed by atoms with Crippen molar-refractivity contribution >= 4 is 76.6 Å². The molecule has 566 valence electrons. The lowest BCUT2D eigenvalue weighted by molar-refractivity contribution is -0.160. The summed E-state index contributed by atoms with van der Waals surface area (Å²) < 4.78 is 89.4. The van der Waals surface area contributed by atoms with E-state index in [0.29, 0.717) is 32.1 Å². The summed E-state index contributed by atoms with van der Waals surface area (Å²) in [7, 11) is 8.37. The van der Waals surface area contributed by atoms with Crippen LogP contribution in [0.25, 0.3) is 0 Å². The van der Waals surface area contributed by atoms with Crippen molar-refractivity contribution in [2.24, 2.45) is 17.8 Å². The number of likely N-dealkylation sites (N-methyl/N-ethyl adjacent to an activating group) is 6. The standard InChI is InChI=1S/C72H102ClF6N11O12/c1-14-42(5)59-67(99)85(10)44(7)63(95)89-33-30-53(89)66(98)87(12)56(37-46-22-26-48(27-23-46)71(74,75)76)65(97)83(8)40-57(91)80-52(29-25-45-24-28-50(51(73)36-45)72(77,78)79)64(96)90-39-49(102-15-2)38-55(90)62(94)82-70(31-18-19-32-70)69(101)88(13)60(47-20-16-17-21-47)68(100)84(9)43(6)35-58(92)86(11)54(34-41(3)4)61(93)81-59/h22-24,26-28,36,41-44,47,49,52-56,59-60H,14-21,25,29-35,37-40H2,1-13H3,(H,80,91)(H,81,93)(H,82,94)/t42-,43+,44-,49+,52-,53-,54-,55-,56-,59-,60-/m0/s1. The van der Waals surface area contributed by atoms with Crippen molar-refractivity contribution in [3.05, 3.63) is 69.7 Å². The van der Waals surface area contributed by atoms with Crippen molar-refractivity contribution in [2.45, 2.75) is 230 Å². The molecule has 11 atom stereocenters. The Morgan fingerprint density at radius 1 is 0.647 bits per heavy atom. The van der Waals surface area contributed by atoms with Crippen molar-refractivity contribution in [1.82, 2.24) is 55.1 Å². The third kappa shape index (κ3) is 19.0. The highest BCUT2D eigenvalue weighted by Crippen LogP contribution is 2.39. The number of carbonyl (C=O) groups excluding carboxylic acids is 11. The molecule has 7 rings (SSSR count). The summed E-state index contributed by atoms with van der Waals surface area (Å²) in [4.78, 5) is 174. The van der Waals surface area contributed by atoms with Crippen LogP contribution in [0, 0.1) is 17.8 Å². The Hall–Kier alpha value is -7.56. The monoisotopic (exact) mass is 1460 g/mol. The van der Waals surface area contributed by atoms with Gasteiger partial charge in [-0.2, -0.15) is 26.3 Å². The molecule has 3 aliphatic heterocycles. The van der Waals surface area contributed by atoms with Gasteiger partial charge in [-0.3, -0.25) is 52.7 Å². The Balaban J connectivity index is 1.30. The molecular formula is C72H102ClF6N11O12. The molecule has 11 amide bonds. The number of hydrogen-bond donors (Lipinski definition) is 3. The highest BCUT2D eigenvalue weighted by Gasteiger charge is 2.52. The molecule has 0 aromatic heterocycles. The quantitative estimate of drug-likeness (QED) is 0.184. The topological polar surface area (TPSA) is 259 Å². The zero-order valence-electron chi connectivity index (χ0n) is 60.8. The summed E-state index contributed by atoms with van der Waals surface area (Å²) in [6, 6.07) is -4.37. The van der Waals surface area contributed by atoms with Gasteiger partial charge in [0.1, 0.15) is 53.9 Å². The molecule has 5 aliphatic rings. The summed E-state index contributed by atoms with van der Waals surface area (Å²) in [5.41, 5.74) is -3.34. The van der Waals surface area contributed by atoms with E-state index in [-0.39, 0.29) is 94.0 Å². The molecule has 30 heteroatoms. The normalized spacial score (nSPS) is 27.3. The second kappa shape index (κ2) is 34.4. The van der Waals surface area contributed by atoms with E-state index in [1.165, 1.54) is 66.7 Å². The first-order chi connectivity index (χ1) is 47.8. The third-order valence-corrected chi connectivity index (χ3v) is 21.9. The maximum absolute atomic E-state index is 15.5. The Kier molecular flexibility index (Phi) is 27.5. The fourth-order valence-corrected chi connectivity index (χ4v) is 15.1. The van der Waals surface area contributed by atoms with Crippen molar-refractivity contribution in [3.8, 4) is 0 Å². The van der Waals surface area contributed by atoms with Crippen LogP contribution in [0.3, 0.4) is 0 Å². The molecular weight excluding hydrogens is 1360 g/mol. The Morgan fingerprint density at radius 3 is 1.83 bits per heavy atom. The number of halogens is 7. The summed E-state index contributed by atoms with van der Waals surface area (Å²) in [6.07, 6.45) is -6.97. The number of hydrogen-bond acceptors (Lipinski definition) is 12. The first-order valence-corrected chi connectivity index (χ1v) is 35.9. The third-order valence-electron chi connectivity index (χ3n) is 21.6. The van der Waals surface area contributed by atoms with Gasteiger partial charge in [0.05, 0.1) is 28.8 Å². The van der Waals surface area contributed by atoms with Gasteiger partial charge in [0, 0.05) is 87.3 Å². The second-order valence-corrected chi connectivity index (χ2v) is 29.4. The average molecular weight is 1460 g/mol. The molecule has 102 heavy (non-hydrogen) atoms. The number of nitrogens with one attached hydrogen (secondary N) is 3. The average Bonchev–Trinajstić information content (AvgIpc) is 1.45. The van der Waals surface area contributed by atoms with Gasteiger partial charge in [0.25, 0.3) is 0 Å². The number of alkyl halides is 6. The molecule has 0 radical (unpaired) electrons. The first kappa shape index (κ1) is 81.7. The zero-order valence-corrected chi connectivity index (χ0v) is 61.6. The van der Waals surface area contributed by atoms with E-state index in [2.05, 4.69) is 16.0 Å². The van der Waals surface area contributed by atoms with Crippen LogP contribution in [-0.4, -0.2) is 239 Å². The van der Waals surface area contributed by atoms with Gasteiger partial charge in [-0.1, -0.05) is 89.6 Å². The number of rotatable bonds is 12. The predicted octanol–water partition coefficient (Wildman–Crippen LogP) is 6.88. The molecule has 0 unspecified atom stereocenters. The Labute approximate surface area is 598 Å². The largest absolute Gasteiger partial charge is 0.417 e. The maximum Gasteiger partial charge on any atom is 0.417 e. The van der Waals surface area contributed by atoms with E-state index in [0.717, 1.165) is 70.0 Å². The molecule has 3 N–H and O–H groups in total. The molecule has 5 fully saturated rings. The van der Waals surface area contributed by atoms with E-state index in [9.17, 15) is 55.1 Å². The summed E-state index contributed by atoms with van der Waals surface area (Å²) in [6.45, 7) is 11.2. The van der Waals surface area contributed by atoms with Crippen molar-refractivity contribution < 1.29 is 83.8 Å². The molecule has 3 heterocycles. The fourth-order valence-electron chi connectivity index (χ4n) is 14.8. The number of carbonyl (C=O) groups is 11. The van der Waals surface area contributed by atoms with Gasteiger partial charge in [-0.25, -0.2) is 0 Å². The van der Waals surface area contributed by atoms with Crippen LogP contribution < -0.4 is 16.0 Å². The van der Waals surface area contributed by atoms with Gasteiger partial charge in [-0.15, -0.1) is 0 Å². The molecule has 2 aromatic rings. The SMILES string of the molecule is CCO[C@@H]1C[C@H]2C(=O)NC3(CCCC3)C(=O)N(C)[C@@H](C3CCCC3)C(=O)N(C)[C@H](C)CC(=O)N(C)[C@@H](CC(C)C)C(=O)N[C@@H]([C@@H](C)CC)C(=O)N(C)[C@@H](C)C(=O)N3CC[C@H]3C(=O)N(C)[C@@H](Cc3ccc(C(F)(F)F)cc3)C(=O)N(C)CC(=O)N[C@@H](CCc3ccc(C(F)(F)F)c(Cl)c3)C(=O)N2C1. The van der Waals surface area contributed by atoms with Gasteiger partial charge in [0.2, 0.25) is 65.0 Å². The molecule has 3 saturated heterocycles. The zero-order chi connectivity index (χ0) is 75.8. The highest BCUT2D eigenvalue weighted by molar-refractivity contribution is 6.31. The molecule has 0 bridgehead atoms. The van der Waals surface area contributed by atoms with Crippen LogP contribution in [0.2, 0.25) is 5.02 Å². The van der Waals surface area contributed by atoms with Crippen LogP contribution in [0.15, 0.2) is 42.5 Å². The molecule has 2 saturated carbocycles. The van der Waals surface area contributed by atoms with Gasteiger partial charge >= 0.3 is 12.4 Å². The van der Waals surface area contributed by atoms with Crippen LogP contribution in [0.1, 0.15) is 161 Å². The van der Waals surface area contributed by atoms with Crippen LogP contribution >= 0.6 is 11.6 Å².